The molecule has 1 atom stereocenters. The molecule has 1 amide bonds. The van der Waals surface area contributed by atoms with Crippen molar-refractivity contribution in [3.05, 3.63) is 0 Å². The fraction of sp³-hybridized carbons (Fsp3) is 0.857. The Bertz CT molecular complexity index is 494. The standard InChI is InChI=1S/C14H28N4O3S2/c1-15-14(16-7-3-4-9-22-2)17-8-5-13(19)18-12-6-10-23(20,21)11-12/h12H,3-11H2,1-2H3,(H,18,19)(H2,15,16,17). The van der Waals surface area contributed by atoms with Crippen molar-refractivity contribution in [2.75, 3.05) is 43.7 Å². The van der Waals surface area contributed by atoms with E-state index in [1.165, 1.54) is 0 Å². The van der Waals surface area contributed by atoms with Gasteiger partial charge < -0.3 is 16.0 Å². The van der Waals surface area contributed by atoms with Gasteiger partial charge in [0.1, 0.15) is 0 Å². The zero-order valence-corrected chi connectivity index (χ0v) is 15.6. The minimum absolute atomic E-state index is 0.0610. The predicted octanol–water partition coefficient (Wildman–Crippen LogP) is -0.0120. The third-order valence-electron chi connectivity index (χ3n) is 3.53. The Morgan fingerprint density at radius 1 is 1.26 bits per heavy atom. The van der Waals surface area contributed by atoms with E-state index >= 15 is 0 Å². The third-order valence-corrected chi connectivity index (χ3v) is 6.00. The molecule has 0 bridgehead atoms. The summed E-state index contributed by atoms with van der Waals surface area (Å²) in [7, 11) is -1.26. The third kappa shape index (κ3) is 9.04. The summed E-state index contributed by atoms with van der Waals surface area (Å²) in [5, 5.41) is 9.06. The second-order valence-corrected chi connectivity index (χ2v) is 8.76. The molecule has 0 aliphatic carbocycles. The number of hydrogen-bond donors (Lipinski definition) is 3. The van der Waals surface area contributed by atoms with Gasteiger partial charge in [-0.05, 0) is 31.3 Å². The Balaban J connectivity index is 2.13. The number of amides is 1. The molecular formula is C14H28N4O3S2. The van der Waals surface area contributed by atoms with Crippen LogP contribution in [0.25, 0.3) is 0 Å². The molecule has 0 aromatic carbocycles. The summed E-state index contributed by atoms with van der Waals surface area (Å²) >= 11 is 1.84. The summed E-state index contributed by atoms with van der Waals surface area (Å²) in [6, 6.07) is -0.235. The topological polar surface area (TPSA) is 99.7 Å². The van der Waals surface area contributed by atoms with Crippen LogP contribution >= 0.6 is 11.8 Å². The molecule has 0 aromatic heterocycles. The summed E-state index contributed by atoms with van der Waals surface area (Å²) in [4.78, 5) is 15.9. The van der Waals surface area contributed by atoms with Crippen molar-refractivity contribution in [3.63, 3.8) is 0 Å². The lowest BCUT2D eigenvalue weighted by Crippen LogP contribution is -2.41. The largest absolute Gasteiger partial charge is 0.356 e. The number of nitrogens with one attached hydrogen (secondary N) is 3. The summed E-state index contributed by atoms with van der Waals surface area (Å²) in [5.74, 6) is 1.94. The van der Waals surface area contributed by atoms with E-state index in [9.17, 15) is 13.2 Å². The molecule has 1 aliphatic rings. The van der Waals surface area contributed by atoms with Gasteiger partial charge in [-0.15, -0.1) is 0 Å². The minimum Gasteiger partial charge on any atom is -0.356 e. The number of unbranched alkanes of at least 4 members (excludes halogenated alkanes) is 1. The first-order chi connectivity index (χ1) is 11.0. The normalized spacial score (nSPS) is 20.3. The molecule has 3 N–H and O–H groups in total. The van der Waals surface area contributed by atoms with Gasteiger partial charge >= 0.3 is 0 Å². The summed E-state index contributed by atoms with van der Waals surface area (Å²) in [6.07, 6.45) is 5.15. The average Bonchev–Trinajstić information content (AvgIpc) is 2.84. The molecule has 134 valence electrons. The lowest BCUT2D eigenvalue weighted by molar-refractivity contribution is -0.121. The van der Waals surface area contributed by atoms with Crippen molar-refractivity contribution < 1.29 is 13.2 Å². The highest BCUT2D eigenvalue weighted by molar-refractivity contribution is 7.98. The van der Waals surface area contributed by atoms with Crippen LogP contribution in [0.5, 0.6) is 0 Å². The molecule has 1 aliphatic heterocycles. The van der Waals surface area contributed by atoms with Crippen LogP contribution in [0.1, 0.15) is 25.7 Å². The maximum absolute atomic E-state index is 11.8. The SMILES string of the molecule is CN=C(NCCCCSC)NCCC(=O)NC1CCS(=O)(=O)C1. The lowest BCUT2D eigenvalue weighted by atomic mass is 10.2. The van der Waals surface area contributed by atoms with Gasteiger partial charge in [0.05, 0.1) is 11.5 Å². The van der Waals surface area contributed by atoms with E-state index in [-0.39, 0.29) is 23.5 Å². The number of aliphatic imine (C=N–C) groups is 1. The molecule has 1 rings (SSSR count). The summed E-state index contributed by atoms with van der Waals surface area (Å²) in [6.45, 7) is 1.32. The van der Waals surface area contributed by atoms with Crippen LogP contribution < -0.4 is 16.0 Å². The molecule has 0 spiro atoms. The van der Waals surface area contributed by atoms with Crippen LogP contribution in [0, 0.1) is 0 Å². The fourth-order valence-corrected chi connectivity index (χ4v) is 4.47. The van der Waals surface area contributed by atoms with Gasteiger partial charge in [0.15, 0.2) is 15.8 Å². The van der Waals surface area contributed by atoms with E-state index in [4.69, 9.17) is 0 Å². The number of rotatable bonds is 9. The highest BCUT2D eigenvalue weighted by Gasteiger charge is 2.28. The molecule has 0 saturated carbocycles. The van der Waals surface area contributed by atoms with Crippen LogP contribution in [0.2, 0.25) is 0 Å². The van der Waals surface area contributed by atoms with Crippen molar-refractivity contribution in [2.45, 2.75) is 31.7 Å². The number of sulfone groups is 1. The van der Waals surface area contributed by atoms with Crippen LogP contribution in [-0.4, -0.2) is 70.0 Å². The van der Waals surface area contributed by atoms with E-state index in [1.807, 2.05) is 11.8 Å². The summed E-state index contributed by atoms with van der Waals surface area (Å²) < 4.78 is 22.7. The van der Waals surface area contributed by atoms with Gasteiger partial charge in [0.25, 0.3) is 0 Å². The van der Waals surface area contributed by atoms with E-state index in [1.54, 1.807) is 7.05 Å². The van der Waals surface area contributed by atoms with E-state index in [0.29, 0.717) is 25.3 Å². The average molecular weight is 365 g/mol. The Morgan fingerprint density at radius 3 is 2.61 bits per heavy atom. The molecule has 1 saturated heterocycles. The van der Waals surface area contributed by atoms with Crippen molar-refractivity contribution in [2.24, 2.45) is 4.99 Å². The van der Waals surface area contributed by atoms with Crippen LogP contribution in [0.3, 0.4) is 0 Å². The van der Waals surface area contributed by atoms with Crippen molar-refractivity contribution in [1.29, 1.82) is 0 Å². The second-order valence-electron chi connectivity index (χ2n) is 5.54. The number of guanidine groups is 1. The fourth-order valence-electron chi connectivity index (χ4n) is 2.30. The Kier molecular flexibility index (Phi) is 9.39. The zero-order valence-electron chi connectivity index (χ0n) is 13.9. The van der Waals surface area contributed by atoms with E-state index in [0.717, 1.165) is 25.1 Å². The van der Waals surface area contributed by atoms with Crippen LogP contribution in [0.4, 0.5) is 0 Å². The smallest absolute Gasteiger partial charge is 0.222 e. The highest BCUT2D eigenvalue weighted by Crippen LogP contribution is 2.11. The number of carbonyl (C=O) groups excluding carboxylic acids is 1. The van der Waals surface area contributed by atoms with E-state index in [2.05, 4.69) is 27.2 Å². The molecule has 1 fully saturated rings. The molecule has 0 radical (unpaired) electrons. The number of carbonyl (C=O) groups is 1. The second kappa shape index (κ2) is 10.7. The molecule has 7 nitrogen and oxygen atoms in total. The number of thioether (sulfide) groups is 1. The van der Waals surface area contributed by atoms with Gasteiger partial charge in [-0.1, -0.05) is 0 Å². The quantitative estimate of drug-likeness (QED) is 0.302. The summed E-state index contributed by atoms with van der Waals surface area (Å²) in [5.41, 5.74) is 0. The monoisotopic (exact) mass is 364 g/mol. The maximum Gasteiger partial charge on any atom is 0.222 e. The van der Waals surface area contributed by atoms with Crippen LogP contribution in [0.15, 0.2) is 4.99 Å². The lowest BCUT2D eigenvalue weighted by Gasteiger charge is -2.13. The Hall–Kier alpha value is -0.960. The minimum atomic E-state index is -2.96. The first-order valence-electron chi connectivity index (χ1n) is 7.90. The van der Waals surface area contributed by atoms with Crippen molar-refractivity contribution in [1.82, 2.24) is 16.0 Å². The van der Waals surface area contributed by atoms with E-state index < -0.39 is 9.84 Å². The van der Waals surface area contributed by atoms with Crippen molar-refractivity contribution >= 4 is 33.5 Å². The first kappa shape index (κ1) is 20.1. The zero-order chi connectivity index (χ0) is 17.1. The van der Waals surface area contributed by atoms with Crippen LogP contribution in [-0.2, 0) is 14.6 Å². The van der Waals surface area contributed by atoms with Crippen molar-refractivity contribution in [3.8, 4) is 0 Å². The maximum atomic E-state index is 11.8. The highest BCUT2D eigenvalue weighted by atomic mass is 32.2. The van der Waals surface area contributed by atoms with Gasteiger partial charge in [0, 0.05) is 32.6 Å². The number of hydrogen-bond acceptors (Lipinski definition) is 5. The number of nitrogens with zero attached hydrogens (tertiary/aromatic N) is 1. The Morgan fingerprint density at radius 2 is 2.00 bits per heavy atom. The first-order valence-corrected chi connectivity index (χ1v) is 11.1. The van der Waals surface area contributed by atoms with Gasteiger partial charge in [-0.3, -0.25) is 9.79 Å². The molecule has 9 heteroatoms. The Labute approximate surface area is 143 Å². The van der Waals surface area contributed by atoms with Gasteiger partial charge in [0.2, 0.25) is 5.91 Å². The molecular weight excluding hydrogens is 336 g/mol. The molecule has 0 aromatic rings. The molecule has 23 heavy (non-hydrogen) atoms. The predicted molar refractivity (Wildman–Crippen MR) is 96.8 cm³/mol. The van der Waals surface area contributed by atoms with Gasteiger partial charge in [-0.2, -0.15) is 11.8 Å². The molecule has 1 heterocycles. The van der Waals surface area contributed by atoms with Gasteiger partial charge in [-0.25, -0.2) is 8.42 Å². The molecule has 1 unspecified atom stereocenters.